The van der Waals surface area contributed by atoms with Crippen molar-refractivity contribution >= 4 is 11.8 Å². The molecule has 0 aromatic heterocycles. The normalized spacial score (nSPS) is 11.2. The van der Waals surface area contributed by atoms with Crippen LogP contribution in [0.2, 0.25) is 0 Å². The maximum Gasteiger partial charge on any atom is 0.541 e. The Bertz CT molecular complexity index is 338. The van der Waals surface area contributed by atoms with Crippen LogP contribution >= 0.6 is 0 Å². The summed E-state index contributed by atoms with van der Waals surface area (Å²) < 4.78 is 15.4. The predicted molar refractivity (Wildman–Crippen MR) is 58.3 cm³/mol. The van der Waals surface area contributed by atoms with Gasteiger partial charge in [-0.05, 0) is 12.1 Å². The Morgan fingerprint density at radius 3 is 2.07 bits per heavy atom. The van der Waals surface area contributed by atoms with Gasteiger partial charge in [-0.25, -0.2) is 0 Å². The first-order valence-corrected chi connectivity index (χ1v) is 4.56. The van der Waals surface area contributed by atoms with E-state index in [2.05, 4.69) is 0 Å². The smallest absolute Gasteiger partial charge is 0.181 e. The standard InChI is InChI=1S/C11H17FN2/c1-13(2)11(12)14(3,4)10-8-6-5-7-9-10/h5-9H,1-4H3/q+2. The second-order valence-electron chi connectivity index (χ2n) is 3.95. The summed E-state index contributed by atoms with van der Waals surface area (Å²) in [6.07, 6.45) is -0.184. The third kappa shape index (κ3) is 1.99. The van der Waals surface area contributed by atoms with Crippen LogP contribution in [0.5, 0.6) is 0 Å². The molecule has 1 rings (SSSR count). The van der Waals surface area contributed by atoms with Gasteiger partial charge >= 0.3 is 6.09 Å². The van der Waals surface area contributed by atoms with E-state index >= 15 is 0 Å². The lowest BCUT2D eigenvalue weighted by atomic mass is 10.3. The maximum atomic E-state index is 13.8. The van der Waals surface area contributed by atoms with E-state index in [1.165, 1.54) is 4.58 Å². The Hall–Kier alpha value is -1.22. The number of rotatable bonds is 1. The zero-order valence-corrected chi connectivity index (χ0v) is 9.16. The largest absolute Gasteiger partial charge is 0.541 e. The van der Waals surface area contributed by atoms with Crippen molar-refractivity contribution in [1.29, 1.82) is 0 Å². The average Bonchev–Trinajstić information content (AvgIpc) is 2.18. The Morgan fingerprint density at radius 2 is 1.64 bits per heavy atom. The fraction of sp³-hybridized carbons (Fsp3) is 0.364. The summed E-state index contributed by atoms with van der Waals surface area (Å²) in [5, 5.41) is 0. The van der Waals surface area contributed by atoms with E-state index in [-0.39, 0.29) is 10.6 Å². The molecule has 0 atom stereocenters. The molecule has 3 heteroatoms. The van der Waals surface area contributed by atoms with E-state index in [0.717, 1.165) is 5.69 Å². The highest BCUT2D eigenvalue weighted by Gasteiger charge is 2.33. The lowest BCUT2D eigenvalue weighted by Crippen LogP contribution is -2.47. The van der Waals surface area contributed by atoms with Crippen LogP contribution in [-0.4, -0.2) is 38.9 Å². The highest BCUT2D eigenvalue weighted by atomic mass is 19.1. The summed E-state index contributed by atoms with van der Waals surface area (Å²) in [5.74, 6) is 0. The van der Waals surface area contributed by atoms with Crippen molar-refractivity contribution in [3.8, 4) is 0 Å². The third-order valence-corrected chi connectivity index (χ3v) is 2.23. The number of benzene rings is 1. The van der Waals surface area contributed by atoms with Gasteiger partial charge in [-0.1, -0.05) is 22.6 Å². The van der Waals surface area contributed by atoms with Crippen molar-refractivity contribution in [2.24, 2.45) is 0 Å². The predicted octanol–water partition coefficient (Wildman–Crippen LogP) is 1.85. The monoisotopic (exact) mass is 196 g/mol. The molecule has 0 saturated carbocycles. The zero-order chi connectivity index (χ0) is 10.8. The molecular formula is C11H17FN2+2. The highest BCUT2D eigenvalue weighted by molar-refractivity contribution is 5.80. The maximum absolute atomic E-state index is 13.8. The van der Waals surface area contributed by atoms with E-state index in [1.807, 2.05) is 44.4 Å². The van der Waals surface area contributed by atoms with Crippen LogP contribution in [0.4, 0.5) is 10.1 Å². The van der Waals surface area contributed by atoms with Crippen molar-refractivity contribution in [2.45, 2.75) is 0 Å². The first-order valence-electron chi connectivity index (χ1n) is 4.56. The summed E-state index contributed by atoms with van der Waals surface area (Å²) in [6, 6.07) is 9.60. The van der Waals surface area contributed by atoms with Crippen molar-refractivity contribution < 1.29 is 8.97 Å². The summed E-state index contributed by atoms with van der Waals surface area (Å²) in [5.41, 5.74) is 0.929. The molecule has 0 fully saturated rings. The van der Waals surface area contributed by atoms with Gasteiger partial charge in [0.15, 0.2) is 0 Å². The van der Waals surface area contributed by atoms with Crippen LogP contribution < -0.4 is 4.48 Å². The minimum absolute atomic E-state index is 0.133. The molecule has 0 radical (unpaired) electrons. The van der Waals surface area contributed by atoms with Gasteiger partial charge < -0.3 is 0 Å². The Morgan fingerprint density at radius 1 is 1.14 bits per heavy atom. The number of halogens is 1. The molecule has 0 aliphatic carbocycles. The molecule has 0 heterocycles. The molecule has 0 saturated heterocycles. The summed E-state index contributed by atoms with van der Waals surface area (Å²) in [7, 11) is 7.06. The highest BCUT2D eigenvalue weighted by Crippen LogP contribution is 2.18. The minimum Gasteiger partial charge on any atom is -0.181 e. The van der Waals surface area contributed by atoms with E-state index in [1.54, 1.807) is 14.1 Å². The van der Waals surface area contributed by atoms with Crippen molar-refractivity contribution in [1.82, 2.24) is 4.48 Å². The summed E-state index contributed by atoms with van der Waals surface area (Å²) in [4.78, 5) is 0. The average molecular weight is 196 g/mol. The molecule has 14 heavy (non-hydrogen) atoms. The first-order chi connectivity index (χ1) is 6.46. The molecule has 0 unspecified atom stereocenters. The van der Waals surface area contributed by atoms with E-state index < -0.39 is 0 Å². The van der Waals surface area contributed by atoms with Crippen LogP contribution in [0.1, 0.15) is 0 Å². The second kappa shape index (κ2) is 3.88. The minimum atomic E-state index is -0.184. The van der Waals surface area contributed by atoms with Gasteiger partial charge in [-0.15, -0.1) is 0 Å². The first kappa shape index (κ1) is 10.9. The third-order valence-electron chi connectivity index (χ3n) is 2.23. The van der Waals surface area contributed by atoms with E-state index in [0.29, 0.717) is 0 Å². The van der Waals surface area contributed by atoms with Gasteiger partial charge in [-0.2, -0.15) is 9.06 Å². The van der Waals surface area contributed by atoms with E-state index in [9.17, 15) is 4.39 Å². The number of para-hydroxylation sites is 1. The lowest BCUT2D eigenvalue weighted by molar-refractivity contribution is -0.475. The number of hydrogen-bond donors (Lipinski definition) is 0. The van der Waals surface area contributed by atoms with Gasteiger partial charge in [0.05, 0.1) is 14.1 Å². The van der Waals surface area contributed by atoms with Crippen LogP contribution in [0, 0.1) is 0 Å². The Balaban J connectivity index is 3.15. The molecule has 2 nitrogen and oxygen atoms in total. The molecule has 0 aliphatic rings. The number of nitrogens with zero attached hydrogens (tertiary/aromatic N) is 2. The molecule has 0 N–H and O–H groups in total. The van der Waals surface area contributed by atoms with Gasteiger partial charge in [0, 0.05) is 0 Å². The van der Waals surface area contributed by atoms with Crippen molar-refractivity contribution in [3.63, 3.8) is 0 Å². The Labute approximate surface area is 84.5 Å². The van der Waals surface area contributed by atoms with Gasteiger partial charge in [-0.3, -0.25) is 0 Å². The van der Waals surface area contributed by atoms with Gasteiger partial charge in [0.1, 0.15) is 19.8 Å². The zero-order valence-electron chi connectivity index (χ0n) is 9.16. The number of quaternary nitrogens is 1. The van der Waals surface area contributed by atoms with Crippen LogP contribution in [0.15, 0.2) is 30.3 Å². The van der Waals surface area contributed by atoms with Crippen LogP contribution in [0.25, 0.3) is 0 Å². The fourth-order valence-corrected chi connectivity index (χ4v) is 1.41. The topological polar surface area (TPSA) is 3.01 Å². The number of hydrogen-bond acceptors (Lipinski definition) is 0. The number of amidine groups is 1. The Kier molecular flexibility index (Phi) is 3.01. The SMILES string of the molecule is C[N+](C)=C(F)[N+](C)(C)c1ccccc1. The molecule has 0 aliphatic heterocycles. The molecule has 0 bridgehead atoms. The molecule has 1 aromatic rings. The van der Waals surface area contributed by atoms with Gasteiger partial charge in [0.2, 0.25) is 0 Å². The lowest BCUT2D eigenvalue weighted by Gasteiger charge is -2.21. The molecule has 1 aromatic carbocycles. The molecular weight excluding hydrogens is 179 g/mol. The second-order valence-corrected chi connectivity index (χ2v) is 3.95. The molecule has 76 valence electrons. The molecule has 0 amide bonds. The summed E-state index contributed by atoms with van der Waals surface area (Å²) >= 11 is 0. The fourth-order valence-electron chi connectivity index (χ4n) is 1.41. The summed E-state index contributed by atoms with van der Waals surface area (Å²) in [6.45, 7) is 0. The van der Waals surface area contributed by atoms with Crippen LogP contribution in [0.3, 0.4) is 0 Å². The van der Waals surface area contributed by atoms with Gasteiger partial charge in [0.25, 0.3) is 0 Å². The van der Waals surface area contributed by atoms with Crippen LogP contribution in [-0.2, 0) is 0 Å². The van der Waals surface area contributed by atoms with Crippen molar-refractivity contribution in [2.75, 3.05) is 28.2 Å². The molecule has 0 spiro atoms. The van der Waals surface area contributed by atoms with E-state index in [4.69, 9.17) is 0 Å². The van der Waals surface area contributed by atoms with Crippen molar-refractivity contribution in [3.05, 3.63) is 30.3 Å². The quantitative estimate of drug-likeness (QED) is 0.212.